The first kappa shape index (κ1) is 12.3. The number of nitrogens with zero attached hydrogens (tertiary/aromatic N) is 2. The van der Waals surface area contributed by atoms with Crippen LogP contribution in [-0.4, -0.2) is 10.1 Å². The number of benzene rings is 1. The molecule has 0 aliphatic heterocycles. The first-order chi connectivity index (χ1) is 10.3. The largest absolute Gasteiger partial charge is 0.458 e. The zero-order chi connectivity index (χ0) is 14.3. The van der Waals surface area contributed by atoms with Crippen molar-refractivity contribution in [3.8, 4) is 22.8 Å². The normalized spacial score (nSPS) is 16.6. The number of rotatable bonds is 3. The highest BCUT2D eigenvalue weighted by atomic mass is 16.5. The highest BCUT2D eigenvalue weighted by Crippen LogP contribution is 2.39. The second-order valence-corrected chi connectivity index (χ2v) is 5.46. The number of furan rings is 1. The lowest BCUT2D eigenvalue weighted by Crippen LogP contribution is -2.44. The summed E-state index contributed by atoms with van der Waals surface area (Å²) in [5.41, 5.74) is 7.78. The molecule has 1 aromatic carbocycles. The van der Waals surface area contributed by atoms with Crippen LogP contribution in [0.25, 0.3) is 22.8 Å². The lowest BCUT2D eigenvalue weighted by atomic mass is 9.77. The van der Waals surface area contributed by atoms with Crippen molar-refractivity contribution in [3.05, 3.63) is 48.5 Å². The van der Waals surface area contributed by atoms with E-state index in [9.17, 15) is 0 Å². The Bertz CT molecular complexity index is 757. The van der Waals surface area contributed by atoms with Gasteiger partial charge in [-0.25, -0.2) is 0 Å². The van der Waals surface area contributed by atoms with E-state index in [2.05, 4.69) is 10.1 Å². The summed E-state index contributed by atoms with van der Waals surface area (Å²) in [5.74, 6) is 1.53. The Kier molecular flexibility index (Phi) is 2.68. The van der Waals surface area contributed by atoms with Gasteiger partial charge in [0, 0.05) is 5.56 Å². The summed E-state index contributed by atoms with van der Waals surface area (Å²) in [5, 5.41) is 4.03. The van der Waals surface area contributed by atoms with Crippen LogP contribution in [0.15, 0.2) is 51.6 Å². The van der Waals surface area contributed by atoms with E-state index in [4.69, 9.17) is 14.7 Å². The van der Waals surface area contributed by atoms with Gasteiger partial charge in [0.1, 0.15) is 0 Å². The predicted molar refractivity (Wildman–Crippen MR) is 77.2 cm³/mol. The first-order valence-electron chi connectivity index (χ1n) is 7.03. The Balaban J connectivity index is 1.74. The van der Waals surface area contributed by atoms with E-state index in [1.807, 2.05) is 36.4 Å². The molecule has 5 nitrogen and oxygen atoms in total. The molecule has 2 aromatic heterocycles. The summed E-state index contributed by atoms with van der Waals surface area (Å²) in [6, 6.07) is 11.9. The van der Waals surface area contributed by atoms with Gasteiger partial charge in [-0.15, -0.1) is 0 Å². The molecule has 0 amide bonds. The predicted octanol–water partition coefficient (Wildman–Crippen LogP) is 3.33. The third kappa shape index (κ3) is 1.97. The second-order valence-electron chi connectivity index (χ2n) is 5.46. The van der Waals surface area contributed by atoms with E-state index in [-0.39, 0.29) is 0 Å². The summed E-state index contributed by atoms with van der Waals surface area (Å²) in [4.78, 5) is 4.44. The monoisotopic (exact) mass is 281 g/mol. The van der Waals surface area contributed by atoms with Gasteiger partial charge in [-0.2, -0.15) is 4.98 Å². The van der Waals surface area contributed by atoms with Gasteiger partial charge in [0.15, 0.2) is 11.6 Å². The lowest BCUT2D eigenvalue weighted by Gasteiger charge is -2.34. The molecule has 4 rings (SSSR count). The van der Waals surface area contributed by atoms with Gasteiger partial charge >= 0.3 is 0 Å². The second kappa shape index (κ2) is 4.56. The zero-order valence-corrected chi connectivity index (χ0v) is 11.5. The molecule has 0 radical (unpaired) electrons. The maximum atomic E-state index is 6.22. The summed E-state index contributed by atoms with van der Waals surface area (Å²) in [7, 11) is 0. The fourth-order valence-electron chi connectivity index (χ4n) is 2.62. The fraction of sp³-hybridized carbons (Fsp3) is 0.250. The van der Waals surface area contributed by atoms with E-state index >= 15 is 0 Å². The van der Waals surface area contributed by atoms with Gasteiger partial charge in [0.05, 0.1) is 11.8 Å². The molecule has 0 spiro atoms. The molecule has 106 valence electrons. The summed E-state index contributed by atoms with van der Waals surface area (Å²) in [6.45, 7) is 0. The molecule has 0 saturated heterocycles. The van der Waals surface area contributed by atoms with E-state index in [0.717, 1.165) is 30.4 Å². The van der Waals surface area contributed by atoms with Gasteiger partial charge in [0.2, 0.25) is 0 Å². The molecule has 2 heterocycles. The van der Waals surface area contributed by atoms with Crippen molar-refractivity contribution < 1.29 is 8.94 Å². The number of nitrogens with two attached hydrogens (primary N) is 1. The van der Waals surface area contributed by atoms with Gasteiger partial charge in [-0.05, 0) is 30.9 Å². The van der Waals surface area contributed by atoms with Crippen molar-refractivity contribution in [3.63, 3.8) is 0 Å². The molecule has 1 aliphatic carbocycles. The van der Waals surface area contributed by atoms with Crippen LogP contribution in [-0.2, 0) is 5.54 Å². The maximum absolute atomic E-state index is 6.22. The van der Waals surface area contributed by atoms with E-state index in [1.165, 1.54) is 0 Å². The Morgan fingerprint density at radius 1 is 1.10 bits per heavy atom. The first-order valence-corrected chi connectivity index (χ1v) is 7.03. The molecule has 21 heavy (non-hydrogen) atoms. The summed E-state index contributed by atoms with van der Waals surface area (Å²) < 4.78 is 10.9. The molecule has 3 aromatic rings. The van der Waals surface area contributed by atoms with Crippen LogP contribution in [0.4, 0.5) is 0 Å². The van der Waals surface area contributed by atoms with Crippen LogP contribution >= 0.6 is 0 Å². The van der Waals surface area contributed by atoms with Crippen LogP contribution in [0.3, 0.4) is 0 Å². The number of aromatic nitrogens is 2. The minimum Gasteiger partial charge on any atom is -0.458 e. The van der Waals surface area contributed by atoms with Crippen molar-refractivity contribution in [1.29, 1.82) is 0 Å². The molecule has 1 saturated carbocycles. The fourth-order valence-corrected chi connectivity index (χ4v) is 2.62. The third-order valence-electron chi connectivity index (χ3n) is 4.06. The minimum atomic E-state index is -0.429. The smallest absolute Gasteiger partial charge is 0.294 e. The molecule has 0 unspecified atom stereocenters. The van der Waals surface area contributed by atoms with E-state index in [0.29, 0.717) is 17.5 Å². The van der Waals surface area contributed by atoms with Crippen LogP contribution in [0.1, 0.15) is 25.1 Å². The third-order valence-corrected chi connectivity index (χ3v) is 4.06. The van der Waals surface area contributed by atoms with Crippen LogP contribution in [0.2, 0.25) is 0 Å². The van der Waals surface area contributed by atoms with Gasteiger partial charge in [-0.3, -0.25) is 0 Å². The minimum absolute atomic E-state index is 0.380. The molecule has 0 atom stereocenters. The van der Waals surface area contributed by atoms with Gasteiger partial charge in [-0.1, -0.05) is 35.5 Å². The highest BCUT2D eigenvalue weighted by Gasteiger charge is 2.39. The number of hydrogen-bond donors (Lipinski definition) is 1. The Hall–Kier alpha value is -2.40. The molecule has 5 heteroatoms. The average Bonchev–Trinajstić information content (AvgIpc) is 3.14. The number of hydrogen-bond acceptors (Lipinski definition) is 5. The Labute approximate surface area is 121 Å². The van der Waals surface area contributed by atoms with E-state index in [1.54, 1.807) is 6.26 Å². The summed E-state index contributed by atoms with van der Waals surface area (Å²) >= 11 is 0. The van der Waals surface area contributed by atoms with Gasteiger partial charge < -0.3 is 14.7 Å². The molecular formula is C16H15N3O2. The van der Waals surface area contributed by atoms with Crippen molar-refractivity contribution >= 4 is 0 Å². The standard InChI is InChI=1S/C16H15N3O2/c17-16(8-4-9-16)15-18-14(21-19-15)13-12(7-10-20-13)11-5-2-1-3-6-11/h1-3,5-7,10H,4,8-9,17H2. The van der Waals surface area contributed by atoms with Crippen molar-refractivity contribution in [2.45, 2.75) is 24.8 Å². The lowest BCUT2D eigenvalue weighted by molar-refractivity contribution is 0.229. The molecule has 0 bridgehead atoms. The molecule has 1 fully saturated rings. The SMILES string of the molecule is NC1(c2noc(-c3occc3-c3ccccc3)n2)CCC1. The van der Waals surface area contributed by atoms with Crippen LogP contribution in [0, 0.1) is 0 Å². The molecular weight excluding hydrogens is 266 g/mol. The molecule has 1 aliphatic rings. The Morgan fingerprint density at radius 3 is 2.62 bits per heavy atom. The van der Waals surface area contributed by atoms with Crippen molar-refractivity contribution in [2.75, 3.05) is 0 Å². The van der Waals surface area contributed by atoms with E-state index < -0.39 is 5.54 Å². The van der Waals surface area contributed by atoms with Gasteiger partial charge in [0.25, 0.3) is 5.89 Å². The quantitative estimate of drug-likeness (QED) is 0.796. The Morgan fingerprint density at radius 2 is 1.90 bits per heavy atom. The molecule has 2 N–H and O–H groups in total. The average molecular weight is 281 g/mol. The van der Waals surface area contributed by atoms with Crippen molar-refractivity contribution in [2.24, 2.45) is 5.73 Å². The van der Waals surface area contributed by atoms with Crippen LogP contribution in [0.5, 0.6) is 0 Å². The highest BCUT2D eigenvalue weighted by molar-refractivity contribution is 5.76. The zero-order valence-electron chi connectivity index (χ0n) is 11.5. The van der Waals surface area contributed by atoms with Crippen molar-refractivity contribution in [1.82, 2.24) is 10.1 Å². The summed E-state index contributed by atoms with van der Waals surface area (Å²) in [6.07, 6.45) is 4.53. The maximum Gasteiger partial charge on any atom is 0.294 e. The van der Waals surface area contributed by atoms with Crippen LogP contribution < -0.4 is 5.73 Å². The topological polar surface area (TPSA) is 78.1 Å².